The number of hydrogen-bond donors (Lipinski definition) is 1. The van der Waals surface area contributed by atoms with Crippen LogP contribution in [0.15, 0.2) is 18.5 Å². The van der Waals surface area contributed by atoms with Gasteiger partial charge in [0.05, 0.1) is 11.1 Å². The summed E-state index contributed by atoms with van der Waals surface area (Å²) in [7, 11) is 4.00. The molecule has 1 aromatic rings. The summed E-state index contributed by atoms with van der Waals surface area (Å²) in [4.78, 5) is 35.2. The number of hydrogen-bond acceptors (Lipinski definition) is 5. The van der Waals surface area contributed by atoms with Gasteiger partial charge in [0.2, 0.25) is 0 Å². The third kappa shape index (κ3) is 5.79. The molecule has 2 rings (SSSR count). The molecule has 0 aromatic carbocycles. The van der Waals surface area contributed by atoms with E-state index in [4.69, 9.17) is 0 Å². The van der Waals surface area contributed by atoms with E-state index in [1.54, 1.807) is 6.07 Å². The Labute approximate surface area is 150 Å². The molecular weight excluding hydrogens is 318 g/mol. The van der Waals surface area contributed by atoms with Crippen LogP contribution in [-0.2, 0) is 0 Å². The van der Waals surface area contributed by atoms with Crippen molar-refractivity contribution in [3.05, 3.63) is 29.6 Å². The van der Waals surface area contributed by atoms with E-state index >= 15 is 0 Å². The molecule has 1 aliphatic heterocycles. The summed E-state index contributed by atoms with van der Waals surface area (Å²) in [5.41, 5.74) is 0.911. The number of pyridine rings is 1. The average molecular weight is 347 g/mol. The summed E-state index contributed by atoms with van der Waals surface area (Å²) in [6, 6.07) is 1.64. The van der Waals surface area contributed by atoms with Crippen LogP contribution in [-0.4, -0.2) is 91.4 Å². The zero-order valence-corrected chi connectivity index (χ0v) is 15.5. The van der Waals surface area contributed by atoms with E-state index in [1.807, 2.05) is 19.0 Å². The van der Waals surface area contributed by atoms with E-state index in [2.05, 4.69) is 27.0 Å². The summed E-state index contributed by atoms with van der Waals surface area (Å²) < 4.78 is 0. The zero-order valence-electron chi connectivity index (χ0n) is 15.5. The van der Waals surface area contributed by atoms with Crippen molar-refractivity contribution in [2.24, 2.45) is 0 Å². The Morgan fingerprint density at radius 1 is 1.16 bits per heavy atom. The number of likely N-dealkylation sites (N-methyl/N-ethyl adjacent to an activating group) is 1. The van der Waals surface area contributed by atoms with Gasteiger partial charge in [-0.15, -0.1) is 0 Å². The quantitative estimate of drug-likeness (QED) is 0.729. The van der Waals surface area contributed by atoms with Gasteiger partial charge >= 0.3 is 0 Å². The standard InChI is InChI=1S/C18H29N5O2/c1-4-22-8-10-23(11-9-22)18(25)16-12-15(13-19-14-16)17(24)20-6-5-7-21(2)3/h12-14H,4-11H2,1-3H3,(H,20,24). The van der Waals surface area contributed by atoms with Crippen LogP contribution in [0.4, 0.5) is 0 Å². The molecule has 0 bridgehead atoms. The second-order valence-electron chi connectivity index (χ2n) is 6.60. The first-order chi connectivity index (χ1) is 12.0. The van der Waals surface area contributed by atoms with Crippen molar-refractivity contribution in [3.8, 4) is 0 Å². The fraction of sp³-hybridized carbons (Fsp3) is 0.611. The van der Waals surface area contributed by atoms with Gasteiger partial charge in [0.25, 0.3) is 11.8 Å². The maximum atomic E-state index is 12.6. The molecule has 0 unspecified atom stereocenters. The molecule has 138 valence electrons. The lowest BCUT2D eigenvalue weighted by Crippen LogP contribution is -2.48. The summed E-state index contributed by atoms with van der Waals surface area (Å²) in [6.07, 6.45) is 3.93. The highest BCUT2D eigenvalue weighted by Crippen LogP contribution is 2.10. The summed E-state index contributed by atoms with van der Waals surface area (Å²) >= 11 is 0. The minimum absolute atomic E-state index is 0.0505. The Morgan fingerprint density at radius 2 is 1.84 bits per heavy atom. The molecule has 1 fully saturated rings. The van der Waals surface area contributed by atoms with Crippen molar-refractivity contribution in [3.63, 3.8) is 0 Å². The molecule has 0 saturated carbocycles. The van der Waals surface area contributed by atoms with Gasteiger partial charge in [-0.3, -0.25) is 14.6 Å². The lowest BCUT2D eigenvalue weighted by atomic mass is 10.1. The van der Waals surface area contributed by atoms with Gasteiger partial charge in [0.15, 0.2) is 0 Å². The molecule has 7 nitrogen and oxygen atoms in total. The van der Waals surface area contributed by atoms with Crippen LogP contribution in [0.25, 0.3) is 0 Å². The molecule has 0 aliphatic carbocycles. The molecule has 0 atom stereocenters. The van der Waals surface area contributed by atoms with Crippen LogP contribution in [0, 0.1) is 0 Å². The molecule has 2 amide bonds. The van der Waals surface area contributed by atoms with E-state index in [9.17, 15) is 9.59 Å². The zero-order chi connectivity index (χ0) is 18.2. The number of carbonyl (C=O) groups excluding carboxylic acids is 2. The molecule has 0 spiro atoms. The number of carbonyl (C=O) groups is 2. The molecule has 1 aliphatic rings. The summed E-state index contributed by atoms with van der Waals surface area (Å²) in [5, 5.41) is 2.88. The van der Waals surface area contributed by atoms with Gasteiger partial charge < -0.3 is 20.0 Å². The van der Waals surface area contributed by atoms with Crippen molar-refractivity contribution in [2.75, 3.05) is 59.9 Å². The van der Waals surface area contributed by atoms with Gasteiger partial charge in [0.1, 0.15) is 0 Å². The predicted octanol–water partition coefficient (Wildman–Crippen LogP) is 0.541. The SMILES string of the molecule is CCN1CCN(C(=O)c2cncc(C(=O)NCCCN(C)C)c2)CC1. The second kappa shape index (κ2) is 9.48. The Kier molecular flexibility index (Phi) is 7.33. The van der Waals surface area contributed by atoms with E-state index in [0.717, 1.165) is 32.6 Å². The van der Waals surface area contributed by atoms with Crippen LogP contribution in [0.5, 0.6) is 0 Å². The van der Waals surface area contributed by atoms with Crippen molar-refractivity contribution in [2.45, 2.75) is 13.3 Å². The average Bonchev–Trinajstić information content (AvgIpc) is 2.64. The van der Waals surface area contributed by atoms with Crippen molar-refractivity contribution in [1.82, 2.24) is 25.0 Å². The fourth-order valence-electron chi connectivity index (χ4n) is 2.83. The number of nitrogens with one attached hydrogen (secondary N) is 1. The largest absolute Gasteiger partial charge is 0.352 e. The highest BCUT2D eigenvalue weighted by Gasteiger charge is 2.22. The first-order valence-electron chi connectivity index (χ1n) is 8.91. The molecule has 1 aromatic heterocycles. The Balaban J connectivity index is 1.91. The molecule has 1 N–H and O–H groups in total. The first-order valence-corrected chi connectivity index (χ1v) is 8.91. The molecule has 0 radical (unpaired) electrons. The van der Waals surface area contributed by atoms with Gasteiger partial charge in [-0.2, -0.15) is 0 Å². The Hall–Kier alpha value is -1.99. The Bertz CT molecular complexity index is 583. The third-order valence-corrected chi connectivity index (χ3v) is 4.42. The number of amides is 2. The maximum absolute atomic E-state index is 12.6. The van der Waals surface area contributed by atoms with Gasteiger partial charge in [-0.1, -0.05) is 6.92 Å². The predicted molar refractivity (Wildman–Crippen MR) is 97.8 cm³/mol. The maximum Gasteiger partial charge on any atom is 0.255 e. The Morgan fingerprint density at radius 3 is 2.48 bits per heavy atom. The van der Waals surface area contributed by atoms with Gasteiger partial charge in [-0.05, 0) is 39.7 Å². The first kappa shape index (κ1) is 19.3. The fourth-order valence-corrected chi connectivity index (χ4v) is 2.83. The van der Waals surface area contributed by atoms with Gasteiger partial charge in [-0.25, -0.2) is 0 Å². The summed E-state index contributed by atoms with van der Waals surface area (Å²) in [6.45, 7) is 7.87. The number of piperazine rings is 1. The van der Waals surface area contributed by atoms with E-state index in [-0.39, 0.29) is 11.8 Å². The molecule has 1 saturated heterocycles. The van der Waals surface area contributed by atoms with E-state index in [1.165, 1.54) is 12.4 Å². The van der Waals surface area contributed by atoms with Crippen LogP contribution < -0.4 is 5.32 Å². The smallest absolute Gasteiger partial charge is 0.255 e. The van der Waals surface area contributed by atoms with Crippen molar-refractivity contribution >= 4 is 11.8 Å². The van der Waals surface area contributed by atoms with Crippen LogP contribution in [0.2, 0.25) is 0 Å². The van der Waals surface area contributed by atoms with Crippen LogP contribution >= 0.6 is 0 Å². The van der Waals surface area contributed by atoms with Crippen LogP contribution in [0.1, 0.15) is 34.1 Å². The van der Waals surface area contributed by atoms with E-state index in [0.29, 0.717) is 30.8 Å². The molecule has 25 heavy (non-hydrogen) atoms. The second-order valence-corrected chi connectivity index (χ2v) is 6.60. The topological polar surface area (TPSA) is 68.8 Å². The highest BCUT2D eigenvalue weighted by atomic mass is 16.2. The molecule has 2 heterocycles. The highest BCUT2D eigenvalue weighted by molar-refractivity contribution is 5.99. The number of nitrogens with zero attached hydrogens (tertiary/aromatic N) is 4. The van der Waals surface area contributed by atoms with E-state index < -0.39 is 0 Å². The summed E-state index contributed by atoms with van der Waals surface area (Å²) in [5.74, 6) is -0.234. The normalized spacial score (nSPS) is 15.4. The lowest BCUT2D eigenvalue weighted by Gasteiger charge is -2.34. The number of rotatable bonds is 7. The molecule has 7 heteroatoms. The molecular formula is C18H29N5O2. The minimum atomic E-state index is -0.184. The number of aromatic nitrogens is 1. The monoisotopic (exact) mass is 347 g/mol. The van der Waals surface area contributed by atoms with Crippen molar-refractivity contribution in [1.29, 1.82) is 0 Å². The minimum Gasteiger partial charge on any atom is -0.352 e. The van der Waals surface area contributed by atoms with Crippen LogP contribution in [0.3, 0.4) is 0 Å². The lowest BCUT2D eigenvalue weighted by molar-refractivity contribution is 0.0643. The van der Waals surface area contributed by atoms with Crippen molar-refractivity contribution < 1.29 is 9.59 Å². The third-order valence-electron chi connectivity index (χ3n) is 4.42. The van der Waals surface area contributed by atoms with Gasteiger partial charge in [0, 0.05) is 45.1 Å².